The number of carboxylic acids is 1. The molecule has 1 rings (SSSR count). The van der Waals surface area contributed by atoms with E-state index in [4.69, 9.17) is 21.4 Å². The molecule has 1 aromatic rings. The molecule has 0 amide bonds. The monoisotopic (exact) mass is 242 g/mol. The second kappa shape index (κ2) is 5.51. The van der Waals surface area contributed by atoms with Crippen LogP contribution >= 0.6 is 11.6 Å². The fraction of sp³-hybridized carbons (Fsp3) is 0.273. The molecule has 0 heterocycles. The predicted octanol–water partition coefficient (Wildman–Crippen LogP) is 2.14. The molecule has 0 aliphatic heterocycles. The van der Waals surface area contributed by atoms with Crippen LogP contribution in [0.3, 0.4) is 0 Å². The number of halogens is 1. The molecule has 0 fully saturated rings. The Kier molecular flexibility index (Phi) is 4.31. The highest BCUT2D eigenvalue weighted by Crippen LogP contribution is 2.17. The summed E-state index contributed by atoms with van der Waals surface area (Å²) in [5.74, 6) is -1.56. The predicted molar refractivity (Wildman–Crippen MR) is 58.7 cm³/mol. The molecule has 0 aliphatic carbocycles. The third-order valence-electron chi connectivity index (χ3n) is 1.94. The van der Waals surface area contributed by atoms with E-state index in [9.17, 15) is 9.59 Å². The summed E-state index contributed by atoms with van der Waals surface area (Å²) in [5, 5.41) is 9.25. The maximum Gasteiger partial charge on any atom is 0.336 e. The molecule has 86 valence electrons. The highest BCUT2D eigenvalue weighted by Gasteiger charge is 2.14. The summed E-state index contributed by atoms with van der Waals surface area (Å²) in [6.07, 6.45) is -0.0629. The Morgan fingerprint density at radius 1 is 1.44 bits per heavy atom. The van der Waals surface area contributed by atoms with Crippen LogP contribution in [0.1, 0.15) is 22.8 Å². The van der Waals surface area contributed by atoms with Crippen LogP contribution in [0.25, 0.3) is 0 Å². The Bertz CT molecular complexity index is 414. The molecule has 0 unspecified atom stereocenters. The molecule has 0 aliphatic rings. The van der Waals surface area contributed by atoms with Crippen LogP contribution < -0.4 is 0 Å². The van der Waals surface area contributed by atoms with E-state index in [1.165, 1.54) is 12.1 Å². The number of esters is 1. The summed E-state index contributed by atoms with van der Waals surface area (Å²) in [5.41, 5.74) is 0.427. The first-order valence-corrected chi connectivity index (χ1v) is 5.09. The normalized spacial score (nSPS) is 9.88. The summed E-state index contributed by atoms with van der Waals surface area (Å²) in [6.45, 7) is 1.96. The number of carboxylic acid groups (broad SMARTS) is 1. The van der Waals surface area contributed by atoms with Gasteiger partial charge in [-0.3, -0.25) is 4.79 Å². The second-order valence-electron chi connectivity index (χ2n) is 3.09. The van der Waals surface area contributed by atoms with Gasteiger partial charge in [0.2, 0.25) is 0 Å². The van der Waals surface area contributed by atoms with Gasteiger partial charge < -0.3 is 9.84 Å². The standard InChI is InChI=1S/C11H11ClO4/c1-2-16-10(13)5-7-3-4-8(12)6-9(7)11(14)15/h3-4,6H,2,5H2,1H3,(H,14,15). The number of hydrogen-bond acceptors (Lipinski definition) is 3. The van der Waals surface area contributed by atoms with Crippen molar-refractivity contribution in [3.8, 4) is 0 Å². The van der Waals surface area contributed by atoms with Gasteiger partial charge in [-0.05, 0) is 24.6 Å². The van der Waals surface area contributed by atoms with Gasteiger partial charge in [0.1, 0.15) is 0 Å². The molecule has 5 heteroatoms. The molecule has 1 N–H and O–H groups in total. The van der Waals surface area contributed by atoms with Gasteiger partial charge in [-0.1, -0.05) is 17.7 Å². The molecule has 0 aromatic heterocycles. The highest BCUT2D eigenvalue weighted by atomic mass is 35.5. The van der Waals surface area contributed by atoms with Gasteiger partial charge in [0.25, 0.3) is 0 Å². The van der Waals surface area contributed by atoms with E-state index in [0.717, 1.165) is 0 Å². The SMILES string of the molecule is CCOC(=O)Cc1ccc(Cl)cc1C(=O)O. The van der Waals surface area contributed by atoms with Crippen LogP contribution in [0, 0.1) is 0 Å². The van der Waals surface area contributed by atoms with E-state index < -0.39 is 11.9 Å². The summed E-state index contributed by atoms with van der Waals surface area (Å²) < 4.78 is 4.75. The lowest BCUT2D eigenvalue weighted by atomic mass is 10.0. The molecule has 4 nitrogen and oxygen atoms in total. The van der Waals surface area contributed by atoms with Crippen molar-refractivity contribution in [3.05, 3.63) is 34.3 Å². The van der Waals surface area contributed by atoms with E-state index in [-0.39, 0.29) is 18.6 Å². The van der Waals surface area contributed by atoms with Crippen LogP contribution in [0.2, 0.25) is 5.02 Å². The molecule has 1 aromatic carbocycles. The molecule has 0 atom stereocenters. The first-order valence-electron chi connectivity index (χ1n) is 4.72. The fourth-order valence-corrected chi connectivity index (χ4v) is 1.44. The van der Waals surface area contributed by atoms with Crippen LogP contribution in [-0.2, 0) is 16.0 Å². The summed E-state index contributed by atoms with van der Waals surface area (Å²) >= 11 is 5.68. The van der Waals surface area contributed by atoms with Crippen molar-refractivity contribution in [1.29, 1.82) is 0 Å². The van der Waals surface area contributed by atoms with E-state index in [1.54, 1.807) is 13.0 Å². The third kappa shape index (κ3) is 3.24. The Morgan fingerprint density at radius 3 is 2.69 bits per heavy atom. The first kappa shape index (κ1) is 12.5. The van der Waals surface area contributed by atoms with Crippen molar-refractivity contribution < 1.29 is 19.4 Å². The van der Waals surface area contributed by atoms with Crippen molar-refractivity contribution in [2.75, 3.05) is 6.61 Å². The van der Waals surface area contributed by atoms with Gasteiger partial charge in [-0.15, -0.1) is 0 Å². The molecule has 0 saturated carbocycles. The number of ether oxygens (including phenoxy) is 1. The lowest BCUT2D eigenvalue weighted by Crippen LogP contribution is -2.11. The second-order valence-corrected chi connectivity index (χ2v) is 3.52. The molecule has 0 bridgehead atoms. The lowest BCUT2D eigenvalue weighted by molar-refractivity contribution is -0.142. The zero-order valence-corrected chi connectivity index (χ0v) is 9.45. The molecule has 0 saturated heterocycles. The van der Waals surface area contributed by atoms with Gasteiger partial charge in [-0.2, -0.15) is 0 Å². The van der Waals surface area contributed by atoms with Gasteiger partial charge in [0.05, 0.1) is 18.6 Å². The first-order chi connectivity index (χ1) is 7.54. The largest absolute Gasteiger partial charge is 0.478 e. The molecule has 16 heavy (non-hydrogen) atoms. The van der Waals surface area contributed by atoms with E-state index in [1.807, 2.05) is 0 Å². The average Bonchev–Trinajstić information content (AvgIpc) is 2.20. The maximum absolute atomic E-state index is 11.2. The molecule has 0 radical (unpaired) electrons. The van der Waals surface area contributed by atoms with Gasteiger partial charge in [0.15, 0.2) is 0 Å². The minimum atomic E-state index is -1.11. The van der Waals surface area contributed by atoms with Crippen LogP contribution in [-0.4, -0.2) is 23.7 Å². The summed E-state index contributed by atoms with van der Waals surface area (Å²) in [7, 11) is 0. The molecular weight excluding hydrogens is 232 g/mol. The zero-order chi connectivity index (χ0) is 12.1. The zero-order valence-electron chi connectivity index (χ0n) is 8.70. The van der Waals surface area contributed by atoms with Gasteiger partial charge in [-0.25, -0.2) is 4.79 Å². The van der Waals surface area contributed by atoms with E-state index >= 15 is 0 Å². The van der Waals surface area contributed by atoms with Crippen molar-refractivity contribution in [3.63, 3.8) is 0 Å². The third-order valence-corrected chi connectivity index (χ3v) is 2.18. The quantitative estimate of drug-likeness (QED) is 0.822. The van der Waals surface area contributed by atoms with Gasteiger partial charge >= 0.3 is 11.9 Å². The molecule has 0 spiro atoms. The lowest BCUT2D eigenvalue weighted by Gasteiger charge is -2.06. The summed E-state index contributed by atoms with van der Waals surface area (Å²) in [6, 6.07) is 4.38. The minimum absolute atomic E-state index is 0.0283. The van der Waals surface area contributed by atoms with Gasteiger partial charge in [0, 0.05) is 5.02 Å². The van der Waals surface area contributed by atoms with Crippen LogP contribution in [0.5, 0.6) is 0 Å². The fourth-order valence-electron chi connectivity index (χ4n) is 1.27. The van der Waals surface area contributed by atoms with Crippen molar-refractivity contribution in [1.82, 2.24) is 0 Å². The van der Waals surface area contributed by atoms with Crippen molar-refractivity contribution in [2.24, 2.45) is 0 Å². The summed E-state index contributed by atoms with van der Waals surface area (Å²) in [4.78, 5) is 22.1. The highest BCUT2D eigenvalue weighted by molar-refractivity contribution is 6.31. The van der Waals surface area contributed by atoms with E-state index in [0.29, 0.717) is 10.6 Å². The average molecular weight is 243 g/mol. The number of aromatic carboxylic acids is 1. The number of rotatable bonds is 4. The number of hydrogen-bond donors (Lipinski definition) is 1. The number of carbonyl (C=O) groups excluding carboxylic acids is 1. The van der Waals surface area contributed by atoms with Crippen molar-refractivity contribution in [2.45, 2.75) is 13.3 Å². The van der Waals surface area contributed by atoms with Crippen LogP contribution in [0.15, 0.2) is 18.2 Å². The maximum atomic E-state index is 11.2. The Hall–Kier alpha value is -1.55. The smallest absolute Gasteiger partial charge is 0.336 e. The van der Waals surface area contributed by atoms with E-state index in [2.05, 4.69) is 0 Å². The topological polar surface area (TPSA) is 63.6 Å². The van der Waals surface area contributed by atoms with Crippen LogP contribution in [0.4, 0.5) is 0 Å². The number of carbonyl (C=O) groups is 2. The Labute approximate surface area is 97.8 Å². The number of benzene rings is 1. The van der Waals surface area contributed by atoms with Crippen molar-refractivity contribution >= 4 is 23.5 Å². The Morgan fingerprint density at radius 2 is 2.12 bits per heavy atom. The Balaban J connectivity index is 2.95. The molecular formula is C11H11ClO4. The minimum Gasteiger partial charge on any atom is -0.478 e.